The molecule has 4 rings (SSSR count). The van der Waals surface area contributed by atoms with E-state index in [0.29, 0.717) is 11.5 Å². The third-order valence-electron chi connectivity index (χ3n) is 4.25. The number of carbonyl (C=O) groups excluding carboxylic acids is 1. The molecule has 1 N–H and O–H groups in total. The molecule has 1 aliphatic carbocycles. The number of hydrogen-bond acceptors (Lipinski definition) is 5. The molecular weight excluding hydrogens is 320 g/mol. The highest BCUT2D eigenvalue weighted by molar-refractivity contribution is 5.92. The van der Waals surface area contributed by atoms with Crippen LogP contribution in [0.2, 0.25) is 0 Å². The van der Waals surface area contributed by atoms with E-state index in [1.807, 2.05) is 24.3 Å². The fourth-order valence-electron chi connectivity index (χ4n) is 3.03. The number of nitrogens with one attached hydrogen (secondary N) is 1. The number of aryl methyl sites for hydroxylation is 2. The van der Waals surface area contributed by atoms with Gasteiger partial charge in [-0.05, 0) is 60.7 Å². The second kappa shape index (κ2) is 6.84. The van der Waals surface area contributed by atoms with Gasteiger partial charge in [-0.3, -0.25) is 4.79 Å². The summed E-state index contributed by atoms with van der Waals surface area (Å²) < 4.78 is 10.5. The lowest BCUT2D eigenvalue weighted by molar-refractivity contribution is -0.120. The number of fused-ring (bicyclic) bond motifs is 2. The second-order valence-electron chi connectivity index (χ2n) is 6.01. The first kappa shape index (κ1) is 15.5. The van der Waals surface area contributed by atoms with Crippen molar-refractivity contribution >= 4 is 17.8 Å². The summed E-state index contributed by atoms with van der Waals surface area (Å²) in [5, 5.41) is 6.65. The van der Waals surface area contributed by atoms with E-state index in [4.69, 9.17) is 14.3 Å². The maximum atomic E-state index is 11.9. The van der Waals surface area contributed by atoms with Crippen LogP contribution >= 0.6 is 0 Å². The molecule has 0 fully saturated rings. The molecule has 2 aromatic rings. The van der Waals surface area contributed by atoms with Gasteiger partial charge in [0.05, 0.1) is 6.21 Å². The third kappa shape index (κ3) is 3.57. The molecule has 0 aromatic heterocycles. The Morgan fingerprint density at radius 1 is 1.12 bits per heavy atom. The standard InChI is InChI=1S/C19H18N2O4/c22-19(21-16-6-5-14-2-1-3-15(14)9-16)11-25-20-10-13-4-7-17-18(8-13)24-12-23-17/h4-10H,1-3,11-12H2,(H,21,22). The van der Waals surface area contributed by atoms with Gasteiger partial charge in [-0.1, -0.05) is 11.2 Å². The van der Waals surface area contributed by atoms with Gasteiger partial charge in [0.15, 0.2) is 18.1 Å². The lowest BCUT2D eigenvalue weighted by Gasteiger charge is -2.06. The predicted molar refractivity (Wildman–Crippen MR) is 93.2 cm³/mol. The van der Waals surface area contributed by atoms with Crippen LogP contribution in [0.1, 0.15) is 23.1 Å². The number of nitrogens with zero attached hydrogens (tertiary/aromatic N) is 1. The van der Waals surface area contributed by atoms with Gasteiger partial charge in [-0.2, -0.15) is 0 Å². The molecule has 1 aliphatic heterocycles. The van der Waals surface area contributed by atoms with Crippen molar-refractivity contribution in [1.29, 1.82) is 0 Å². The molecule has 0 saturated carbocycles. The van der Waals surface area contributed by atoms with Crippen LogP contribution in [0.3, 0.4) is 0 Å². The van der Waals surface area contributed by atoms with Crippen LogP contribution in [0.4, 0.5) is 5.69 Å². The Bertz CT molecular complexity index is 832. The topological polar surface area (TPSA) is 69.2 Å². The van der Waals surface area contributed by atoms with Gasteiger partial charge < -0.3 is 19.6 Å². The maximum Gasteiger partial charge on any atom is 0.265 e. The van der Waals surface area contributed by atoms with Crippen molar-refractivity contribution in [3.05, 3.63) is 53.1 Å². The minimum absolute atomic E-state index is 0.141. The first-order valence-corrected chi connectivity index (χ1v) is 8.24. The van der Waals surface area contributed by atoms with E-state index < -0.39 is 0 Å². The Labute approximate surface area is 145 Å². The Morgan fingerprint density at radius 3 is 2.96 bits per heavy atom. The predicted octanol–water partition coefficient (Wildman–Crippen LogP) is 2.89. The van der Waals surface area contributed by atoms with Crippen LogP contribution in [-0.4, -0.2) is 25.5 Å². The summed E-state index contributed by atoms with van der Waals surface area (Å²) in [5.41, 5.74) is 4.31. The molecule has 128 valence electrons. The number of rotatable bonds is 5. The smallest absolute Gasteiger partial charge is 0.265 e. The molecule has 0 bridgehead atoms. The summed E-state index contributed by atoms with van der Waals surface area (Å²) in [6.45, 7) is 0.0907. The normalized spacial score (nSPS) is 14.6. The van der Waals surface area contributed by atoms with Gasteiger partial charge in [0.2, 0.25) is 6.79 Å². The van der Waals surface area contributed by atoms with Gasteiger partial charge in [-0.25, -0.2) is 0 Å². The molecular formula is C19H18N2O4. The Kier molecular flexibility index (Phi) is 4.24. The molecule has 6 heteroatoms. The third-order valence-corrected chi connectivity index (χ3v) is 4.25. The molecule has 1 amide bonds. The first-order chi connectivity index (χ1) is 12.3. The Morgan fingerprint density at radius 2 is 2.00 bits per heavy atom. The quantitative estimate of drug-likeness (QED) is 0.672. The molecule has 2 aliphatic rings. The van der Waals surface area contributed by atoms with Crippen LogP contribution in [0.15, 0.2) is 41.6 Å². The minimum atomic E-state index is -0.235. The Balaban J connectivity index is 1.27. The van der Waals surface area contributed by atoms with E-state index in [1.165, 1.54) is 23.8 Å². The van der Waals surface area contributed by atoms with Gasteiger partial charge in [0.25, 0.3) is 5.91 Å². The van der Waals surface area contributed by atoms with Crippen LogP contribution in [0, 0.1) is 0 Å². The monoisotopic (exact) mass is 338 g/mol. The summed E-state index contributed by atoms with van der Waals surface area (Å²) in [6, 6.07) is 11.5. The zero-order valence-corrected chi connectivity index (χ0v) is 13.7. The van der Waals surface area contributed by atoms with Gasteiger partial charge in [0.1, 0.15) is 0 Å². The largest absolute Gasteiger partial charge is 0.454 e. The highest BCUT2D eigenvalue weighted by atomic mass is 16.7. The van der Waals surface area contributed by atoms with E-state index in [0.717, 1.165) is 24.1 Å². The summed E-state index contributed by atoms with van der Waals surface area (Å²) in [4.78, 5) is 17.0. The van der Waals surface area contributed by atoms with E-state index in [2.05, 4.69) is 16.5 Å². The number of amides is 1. The van der Waals surface area contributed by atoms with Gasteiger partial charge >= 0.3 is 0 Å². The van der Waals surface area contributed by atoms with Crippen molar-refractivity contribution in [3.8, 4) is 11.5 Å². The second-order valence-corrected chi connectivity index (χ2v) is 6.01. The number of anilines is 1. The van der Waals surface area contributed by atoms with E-state index >= 15 is 0 Å². The lowest BCUT2D eigenvalue weighted by Crippen LogP contribution is -2.17. The Hall–Kier alpha value is -3.02. The number of carbonyl (C=O) groups is 1. The highest BCUT2D eigenvalue weighted by Crippen LogP contribution is 2.32. The maximum absolute atomic E-state index is 11.9. The van der Waals surface area contributed by atoms with Crippen molar-refractivity contribution in [1.82, 2.24) is 0 Å². The summed E-state index contributed by atoms with van der Waals surface area (Å²) in [7, 11) is 0. The van der Waals surface area contributed by atoms with Gasteiger partial charge in [-0.15, -0.1) is 0 Å². The van der Waals surface area contributed by atoms with Crippen molar-refractivity contribution in [2.75, 3.05) is 18.7 Å². The summed E-state index contributed by atoms with van der Waals surface area (Å²) in [5.74, 6) is 1.16. The fraction of sp³-hybridized carbons (Fsp3) is 0.263. The molecule has 0 saturated heterocycles. The zero-order valence-electron chi connectivity index (χ0n) is 13.7. The number of ether oxygens (including phenoxy) is 2. The van der Waals surface area contributed by atoms with E-state index in [1.54, 1.807) is 6.07 Å². The minimum Gasteiger partial charge on any atom is -0.454 e. The molecule has 0 spiro atoms. The number of benzene rings is 2. The van der Waals surface area contributed by atoms with Crippen LogP contribution < -0.4 is 14.8 Å². The van der Waals surface area contributed by atoms with Crippen molar-refractivity contribution in [2.45, 2.75) is 19.3 Å². The molecule has 25 heavy (non-hydrogen) atoms. The average molecular weight is 338 g/mol. The molecule has 0 radical (unpaired) electrons. The van der Waals surface area contributed by atoms with E-state index in [9.17, 15) is 4.79 Å². The molecule has 0 unspecified atom stereocenters. The van der Waals surface area contributed by atoms with Crippen molar-refractivity contribution in [3.63, 3.8) is 0 Å². The van der Waals surface area contributed by atoms with E-state index in [-0.39, 0.29) is 19.3 Å². The highest BCUT2D eigenvalue weighted by Gasteiger charge is 2.13. The summed E-state index contributed by atoms with van der Waals surface area (Å²) in [6.07, 6.45) is 4.92. The van der Waals surface area contributed by atoms with Crippen LogP contribution in [0.25, 0.3) is 0 Å². The zero-order chi connectivity index (χ0) is 17.1. The van der Waals surface area contributed by atoms with Crippen LogP contribution in [0.5, 0.6) is 11.5 Å². The first-order valence-electron chi connectivity index (χ1n) is 8.24. The SMILES string of the molecule is O=C(CON=Cc1ccc2c(c1)OCO2)Nc1ccc2c(c1)CCC2. The number of hydrogen-bond donors (Lipinski definition) is 1. The molecule has 2 aromatic carbocycles. The molecule has 0 atom stereocenters. The summed E-state index contributed by atoms with van der Waals surface area (Å²) >= 11 is 0. The van der Waals surface area contributed by atoms with Gasteiger partial charge in [0, 0.05) is 11.3 Å². The van der Waals surface area contributed by atoms with Crippen molar-refractivity contribution in [2.24, 2.45) is 5.16 Å². The molecule has 1 heterocycles. The van der Waals surface area contributed by atoms with Crippen LogP contribution in [-0.2, 0) is 22.5 Å². The average Bonchev–Trinajstić information content (AvgIpc) is 3.26. The lowest BCUT2D eigenvalue weighted by atomic mass is 10.1. The number of oxime groups is 1. The molecule has 6 nitrogen and oxygen atoms in total. The van der Waals surface area contributed by atoms with Crippen molar-refractivity contribution < 1.29 is 19.1 Å². The fourth-order valence-corrected chi connectivity index (χ4v) is 3.03.